The topological polar surface area (TPSA) is 6.48 Å². The van der Waals surface area contributed by atoms with Crippen LogP contribution in [0, 0.1) is 20.8 Å². The second-order valence-electron chi connectivity index (χ2n) is 22.7. The Bertz CT molecular complexity index is 2910. The van der Waals surface area contributed by atoms with Crippen LogP contribution in [0.3, 0.4) is 0 Å². The molecule has 0 bridgehead atoms. The van der Waals surface area contributed by atoms with Crippen molar-refractivity contribution in [2.75, 3.05) is 9.80 Å². The van der Waals surface area contributed by atoms with Crippen molar-refractivity contribution < 1.29 is 0 Å². The van der Waals surface area contributed by atoms with Gasteiger partial charge in [-0.3, -0.25) is 0 Å². The standard InChI is InChI=1S/C65H92N2Si5/c1-17-68-54-39-52(40-55(44-54)69(18-2)19-3)66(50-34-46(11)33-47(12)35-50)63-59-29-27-28-30-60(59)64(62-38-49(65(14,15)16)31-32-61(62)63)67(51-36-48(13)37-58(43-51)72(24-8,25-9)26-10)53-41-56(70(20-4)21-5)45-57(42-53)71(22-6)23-7/h27-45,69-71H,17-26,68H2,1-16H3. The highest BCUT2D eigenvalue weighted by Crippen LogP contribution is 2.52. The highest BCUT2D eigenvalue weighted by molar-refractivity contribution is 6.91. The molecule has 2 nitrogen and oxygen atoms in total. The molecule has 7 aromatic carbocycles. The lowest BCUT2D eigenvalue weighted by Gasteiger charge is -2.36. The Morgan fingerprint density at radius 1 is 0.431 bits per heavy atom. The molecule has 0 aliphatic heterocycles. The van der Waals surface area contributed by atoms with Crippen molar-refractivity contribution >= 4 is 126 Å². The smallest absolute Gasteiger partial charge is 0.0860 e. The molecule has 0 atom stereocenters. The van der Waals surface area contributed by atoms with Crippen LogP contribution in [-0.2, 0) is 5.41 Å². The number of fused-ring (bicyclic) bond motifs is 2. The molecule has 0 aliphatic rings. The van der Waals surface area contributed by atoms with Crippen LogP contribution >= 0.6 is 0 Å². The average molecular weight is 1040 g/mol. The van der Waals surface area contributed by atoms with Crippen molar-refractivity contribution in [1.29, 1.82) is 0 Å². The Morgan fingerprint density at radius 3 is 1.31 bits per heavy atom. The van der Waals surface area contributed by atoms with E-state index in [1.165, 1.54) is 138 Å². The fourth-order valence-corrected chi connectivity index (χ4v) is 25.1. The summed E-state index contributed by atoms with van der Waals surface area (Å²) in [5.41, 5.74) is 13.2. The molecule has 7 heteroatoms. The summed E-state index contributed by atoms with van der Waals surface area (Å²) in [6, 6.07) is 60.9. The molecule has 0 amide bonds. The third-order valence-electron chi connectivity index (χ3n) is 17.1. The summed E-state index contributed by atoms with van der Waals surface area (Å²) < 4.78 is 0. The summed E-state index contributed by atoms with van der Waals surface area (Å²) in [5.74, 6) is 0. The molecular formula is C65H92N2Si5. The zero-order valence-corrected chi connectivity index (χ0v) is 53.8. The largest absolute Gasteiger partial charge is 0.309 e. The maximum atomic E-state index is 2.81. The Labute approximate surface area is 446 Å². The van der Waals surface area contributed by atoms with Gasteiger partial charge in [0.15, 0.2) is 0 Å². The Kier molecular flexibility index (Phi) is 18.5. The molecule has 0 fully saturated rings. The lowest BCUT2D eigenvalue weighted by atomic mass is 9.84. The number of hydrogen-bond acceptors (Lipinski definition) is 2. The van der Waals surface area contributed by atoms with Crippen molar-refractivity contribution in [3.63, 3.8) is 0 Å². The maximum Gasteiger partial charge on any atom is 0.0860 e. The van der Waals surface area contributed by atoms with Gasteiger partial charge in [0.05, 0.1) is 55.4 Å². The van der Waals surface area contributed by atoms with Crippen molar-refractivity contribution in [3.8, 4) is 0 Å². The van der Waals surface area contributed by atoms with Crippen LogP contribution in [0.1, 0.15) is 112 Å². The first kappa shape index (κ1) is 55.5. The van der Waals surface area contributed by atoms with Crippen molar-refractivity contribution in [2.45, 2.75) is 177 Å². The number of aryl methyl sites for hydroxylation is 3. The van der Waals surface area contributed by atoms with Gasteiger partial charge in [0.25, 0.3) is 0 Å². The van der Waals surface area contributed by atoms with E-state index in [0.29, 0.717) is 0 Å². The van der Waals surface area contributed by atoms with Crippen LogP contribution in [0.5, 0.6) is 0 Å². The molecule has 7 aromatic rings. The molecule has 0 aromatic heterocycles. The number of nitrogens with zero attached hydrogens (tertiary/aromatic N) is 2. The molecule has 382 valence electrons. The number of rotatable bonds is 21. The van der Waals surface area contributed by atoms with Gasteiger partial charge in [-0.2, -0.15) is 0 Å². The zero-order chi connectivity index (χ0) is 52.1. The van der Waals surface area contributed by atoms with E-state index in [1.807, 2.05) is 0 Å². The van der Waals surface area contributed by atoms with Gasteiger partial charge in [-0.1, -0.05) is 237 Å². The van der Waals surface area contributed by atoms with Gasteiger partial charge >= 0.3 is 0 Å². The van der Waals surface area contributed by atoms with Gasteiger partial charge in [-0.15, -0.1) is 0 Å². The van der Waals surface area contributed by atoms with Crippen LogP contribution in [0.2, 0.25) is 60.4 Å². The first-order valence-corrected chi connectivity index (χ1v) is 39.6. The van der Waals surface area contributed by atoms with Gasteiger partial charge in [-0.25, -0.2) is 0 Å². The van der Waals surface area contributed by atoms with Crippen molar-refractivity contribution in [3.05, 3.63) is 138 Å². The predicted molar refractivity (Wildman–Crippen MR) is 342 cm³/mol. The molecule has 0 heterocycles. The fraction of sp³-hybridized carbons (Fsp3) is 0.415. The second-order valence-corrected chi connectivity index (χ2v) is 41.4. The zero-order valence-electron chi connectivity index (χ0n) is 47.9. The summed E-state index contributed by atoms with van der Waals surface area (Å²) in [6.45, 7) is 38.7. The van der Waals surface area contributed by atoms with Crippen molar-refractivity contribution in [1.82, 2.24) is 0 Å². The van der Waals surface area contributed by atoms with E-state index in [1.54, 1.807) is 25.9 Å². The SMILES string of the molecule is CC[SiH2]c1cc(N(c2cc(C)cc(C)c2)c2c3ccccc3c(N(c3cc([SiH](CC)CC)cc([SiH](CC)CC)c3)c3cc(C)cc([Si](CC)(CC)CC)c3)c3cc(C(C)(C)C)ccc23)cc([SiH](CC)CC)c1. The normalized spacial score (nSPS) is 12.5. The summed E-state index contributed by atoms with van der Waals surface area (Å²) in [7, 11) is -5.80. The summed E-state index contributed by atoms with van der Waals surface area (Å²) in [5, 5.41) is 13.4. The average Bonchev–Trinajstić information content (AvgIpc) is 3.36. The Morgan fingerprint density at radius 2 is 0.847 bits per heavy atom. The predicted octanol–water partition coefficient (Wildman–Crippen LogP) is 15.5. The molecule has 0 N–H and O–H groups in total. The van der Waals surface area contributed by atoms with Crippen molar-refractivity contribution in [2.24, 2.45) is 0 Å². The van der Waals surface area contributed by atoms with Crippen LogP contribution in [0.25, 0.3) is 21.5 Å². The van der Waals surface area contributed by atoms with Crippen LogP contribution in [-0.4, -0.2) is 44.0 Å². The Balaban J connectivity index is 1.75. The molecule has 0 saturated heterocycles. The molecule has 0 unspecified atom stereocenters. The summed E-state index contributed by atoms with van der Waals surface area (Å²) >= 11 is 0. The summed E-state index contributed by atoms with van der Waals surface area (Å²) in [6.07, 6.45) is 0. The fourth-order valence-electron chi connectivity index (χ4n) is 12.6. The number of anilines is 6. The lowest BCUT2D eigenvalue weighted by Crippen LogP contribution is -2.46. The quantitative estimate of drug-likeness (QED) is 0.0402. The van der Waals surface area contributed by atoms with E-state index >= 15 is 0 Å². The minimum absolute atomic E-state index is 0.0519. The number of hydrogen-bond donors (Lipinski definition) is 0. The first-order valence-electron chi connectivity index (χ1n) is 28.6. The second kappa shape index (κ2) is 24.0. The first-order chi connectivity index (χ1) is 34.5. The molecule has 72 heavy (non-hydrogen) atoms. The molecule has 0 saturated carbocycles. The third-order valence-corrected chi connectivity index (χ3v) is 33.9. The Hall–Kier alpha value is -4.26. The van der Waals surface area contributed by atoms with Gasteiger partial charge in [0.2, 0.25) is 0 Å². The summed E-state index contributed by atoms with van der Waals surface area (Å²) in [4.78, 5) is 5.53. The van der Waals surface area contributed by atoms with Gasteiger partial charge in [0, 0.05) is 44.3 Å². The van der Waals surface area contributed by atoms with E-state index in [9.17, 15) is 0 Å². The van der Waals surface area contributed by atoms with Gasteiger partial charge in [-0.05, 0) is 103 Å². The highest BCUT2D eigenvalue weighted by Gasteiger charge is 2.33. The van der Waals surface area contributed by atoms with Crippen LogP contribution in [0.15, 0.2) is 115 Å². The van der Waals surface area contributed by atoms with E-state index in [2.05, 4.69) is 236 Å². The van der Waals surface area contributed by atoms with E-state index in [4.69, 9.17) is 0 Å². The minimum atomic E-state index is -1.78. The maximum absolute atomic E-state index is 2.81. The molecule has 0 spiro atoms. The molecule has 0 aliphatic carbocycles. The van der Waals surface area contributed by atoms with E-state index in [-0.39, 0.29) is 5.41 Å². The third kappa shape index (κ3) is 11.4. The van der Waals surface area contributed by atoms with Crippen LogP contribution in [0.4, 0.5) is 34.1 Å². The molecule has 0 radical (unpaired) electrons. The highest BCUT2D eigenvalue weighted by atomic mass is 28.3. The number of benzene rings is 7. The minimum Gasteiger partial charge on any atom is -0.309 e. The van der Waals surface area contributed by atoms with E-state index in [0.717, 1.165) is 0 Å². The van der Waals surface area contributed by atoms with Gasteiger partial charge in [0.1, 0.15) is 0 Å². The van der Waals surface area contributed by atoms with E-state index < -0.39 is 44.0 Å². The molecule has 7 rings (SSSR count). The molecular weight excluding hydrogens is 949 g/mol. The monoisotopic (exact) mass is 1040 g/mol. The van der Waals surface area contributed by atoms with Gasteiger partial charge < -0.3 is 9.80 Å². The lowest BCUT2D eigenvalue weighted by molar-refractivity contribution is 0.591. The van der Waals surface area contributed by atoms with Crippen LogP contribution < -0.4 is 35.7 Å².